The fourth-order valence-electron chi connectivity index (χ4n) is 1.87. The third-order valence-corrected chi connectivity index (χ3v) is 2.91. The van der Waals surface area contributed by atoms with Crippen molar-refractivity contribution in [1.29, 1.82) is 0 Å². The maximum absolute atomic E-state index is 5.76. The van der Waals surface area contributed by atoms with Gasteiger partial charge in [0.25, 0.3) is 0 Å². The second kappa shape index (κ2) is 5.52. The van der Waals surface area contributed by atoms with Gasteiger partial charge in [-0.05, 0) is 40.0 Å². The van der Waals surface area contributed by atoms with Gasteiger partial charge in [-0.3, -0.25) is 4.90 Å². The van der Waals surface area contributed by atoms with Crippen LogP contribution in [0.5, 0.6) is 0 Å². The number of rotatable bonds is 4. The molecule has 0 aliphatic carbocycles. The van der Waals surface area contributed by atoms with Gasteiger partial charge < -0.3 is 5.73 Å². The summed E-state index contributed by atoms with van der Waals surface area (Å²) < 4.78 is 0. The van der Waals surface area contributed by atoms with Crippen molar-refractivity contribution in [2.45, 2.75) is 52.1 Å². The monoisotopic (exact) mass is 196 g/mol. The molecule has 1 atom stereocenters. The predicted molar refractivity (Wildman–Crippen MR) is 62.3 cm³/mol. The van der Waals surface area contributed by atoms with E-state index in [9.17, 15) is 0 Å². The van der Waals surface area contributed by atoms with E-state index >= 15 is 0 Å². The van der Waals surface area contributed by atoms with Gasteiger partial charge in [0, 0.05) is 25.2 Å². The normalized spacial score (nSPS) is 21.1. The third-order valence-electron chi connectivity index (χ3n) is 2.91. The molecule has 0 fully saturated rings. The Hall–Kier alpha value is -0.340. The van der Waals surface area contributed by atoms with Gasteiger partial charge in [-0.1, -0.05) is 11.6 Å². The quantitative estimate of drug-likeness (QED) is 0.698. The molecule has 0 saturated carbocycles. The summed E-state index contributed by atoms with van der Waals surface area (Å²) in [5.41, 5.74) is 7.35. The molecular formula is C12H24N2. The minimum atomic E-state index is 0.338. The van der Waals surface area contributed by atoms with Crippen molar-refractivity contribution in [2.75, 3.05) is 13.1 Å². The van der Waals surface area contributed by atoms with Crippen LogP contribution in [0.4, 0.5) is 0 Å². The van der Waals surface area contributed by atoms with E-state index in [4.69, 9.17) is 5.73 Å². The lowest BCUT2D eigenvalue weighted by Crippen LogP contribution is -2.35. The average Bonchev–Trinajstić information content (AvgIpc) is 2.15. The number of nitrogens with zero attached hydrogens (tertiary/aromatic N) is 1. The van der Waals surface area contributed by atoms with Crippen molar-refractivity contribution >= 4 is 0 Å². The van der Waals surface area contributed by atoms with Gasteiger partial charge >= 0.3 is 0 Å². The van der Waals surface area contributed by atoms with Crippen molar-refractivity contribution in [2.24, 2.45) is 5.73 Å². The van der Waals surface area contributed by atoms with Crippen LogP contribution in [0.25, 0.3) is 0 Å². The van der Waals surface area contributed by atoms with E-state index < -0.39 is 0 Å². The van der Waals surface area contributed by atoms with Gasteiger partial charge in [0.2, 0.25) is 0 Å². The van der Waals surface area contributed by atoms with Gasteiger partial charge in [-0.15, -0.1) is 0 Å². The largest absolute Gasteiger partial charge is 0.328 e. The first-order valence-electron chi connectivity index (χ1n) is 5.77. The van der Waals surface area contributed by atoms with Crippen molar-refractivity contribution < 1.29 is 0 Å². The van der Waals surface area contributed by atoms with E-state index in [2.05, 4.69) is 31.7 Å². The lowest BCUT2D eigenvalue weighted by Gasteiger charge is -2.30. The van der Waals surface area contributed by atoms with Crippen LogP contribution in [0.1, 0.15) is 40.0 Å². The van der Waals surface area contributed by atoms with Gasteiger partial charge in [0.15, 0.2) is 0 Å². The fraction of sp³-hybridized carbons (Fsp3) is 0.833. The molecule has 0 spiro atoms. The Labute approximate surface area is 88.2 Å². The van der Waals surface area contributed by atoms with Crippen LogP contribution in [0.15, 0.2) is 11.6 Å². The minimum absolute atomic E-state index is 0.338. The van der Waals surface area contributed by atoms with Crippen LogP contribution in [0, 0.1) is 0 Å². The molecule has 0 saturated heterocycles. The predicted octanol–water partition coefficient (Wildman–Crippen LogP) is 2.15. The molecule has 0 bridgehead atoms. The van der Waals surface area contributed by atoms with Crippen LogP contribution >= 0.6 is 0 Å². The zero-order chi connectivity index (χ0) is 10.6. The molecule has 0 radical (unpaired) electrons. The highest BCUT2D eigenvalue weighted by Gasteiger charge is 2.14. The number of hydrogen-bond acceptors (Lipinski definition) is 2. The first-order valence-corrected chi connectivity index (χ1v) is 5.77. The molecule has 0 aromatic heterocycles. The van der Waals surface area contributed by atoms with E-state index in [0.717, 1.165) is 13.0 Å². The number of hydrogen-bond donors (Lipinski definition) is 1. The first kappa shape index (κ1) is 11.7. The summed E-state index contributed by atoms with van der Waals surface area (Å²) in [5, 5.41) is 0. The second-order valence-corrected chi connectivity index (χ2v) is 4.73. The van der Waals surface area contributed by atoms with Crippen LogP contribution in [0.3, 0.4) is 0 Å². The van der Waals surface area contributed by atoms with Crippen LogP contribution < -0.4 is 5.73 Å². The first-order chi connectivity index (χ1) is 6.59. The average molecular weight is 196 g/mol. The molecule has 0 aromatic rings. The highest BCUT2D eigenvalue weighted by Crippen LogP contribution is 2.16. The molecule has 1 aliphatic heterocycles. The van der Waals surface area contributed by atoms with Crippen molar-refractivity contribution in [3.05, 3.63) is 11.6 Å². The molecule has 14 heavy (non-hydrogen) atoms. The highest BCUT2D eigenvalue weighted by molar-refractivity contribution is 5.08. The molecule has 2 N–H and O–H groups in total. The lowest BCUT2D eigenvalue weighted by molar-refractivity contribution is 0.232. The molecule has 2 nitrogen and oxygen atoms in total. The van der Waals surface area contributed by atoms with Crippen molar-refractivity contribution in [3.8, 4) is 0 Å². The summed E-state index contributed by atoms with van der Waals surface area (Å²) in [7, 11) is 0. The Morgan fingerprint density at radius 3 is 2.71 bits per heavy atom. The molecule has 1 rings (SSSR count). The van der Waals surface area contributed by atoms with Crippen LogP contribution in [0.2, 0.25) is 0 Å². The summed E-state index contributed by atoms with van der Waals surface area (Å²) in [4.78, 5) is 2.54. The van der Waals surface area contributed by atoms with E-state index in [0.29, 0.717) is 12.1 Å². The van der Waals surface area contributed by atoms with E-state index in [1.165, 1.54) is 19.4 Å². The fourth-order valence-corrected chi connectivity index (χ4v) is 1.87. The van der Waals surface area contributed by atoms with Crippen LogP contribution in [-0.4, -0.2) is 30.1 Å². The number of nitrogens with two attached hydrogens (primary N) is 1. The molecule has 1 aliphatic rings. The molecule has 2 heteroatoms. The summed E-state index contributed by atoms with van der Waals surface area (Å²) in [6.45, 7) is 9.01. The van der Waals surface area contributed by atoms with Crippen molar-refractivity contribution in [1.82, 2.24) is 4.90 Å². The third kappa shape index (κ3) is 3.81. The molecule has 0 amide bonds. The summed E-state index contributed by atoms with van der Waals surface area (Å²) in [6, 6.07) is 1.01. The van der Waals surface area contributed by atoms with Gasteiger partial charge in [0.05, 0.1) is 0 Å². The van der Waals surface area contributed by atoms with Gasteiger partial charge in [-0.25, -0.2) is 0 Å². The topological polar surface area (TPSA) is 29.3 Å². The van der Waals surface area contributed by atoms with Crippen molar-refractivity contribution in [3.63, 3.8) is 0 Å². The zero-order valence-electron chi connectivity index (χ0n) is 9.79. The Kier molecular flexibility index (Phi) is 4.63. The highest BCUT2D eigenvalue weighted by atomic mass is 15.1. The molecule has 0 aromatic carbocycles. The van der Waals surface area contributed by atoms with E-state index in [-0.39, 0.29) is 0 Å². The molecule has 82 valence electrons. The Morgan fingerprint density at radius 1 is 1.43 bits per heavy atom. The minimum Gasteiger partial charge on any atom is -0.328 e. The Balaban J connectivity index is 2.35. The van der Waals surface area contributed by atoms with E-state index in [1.54, 1.807) is 5.57 Å². The standard InChI is InChI=1S/C12H24N2/c1-10(2)14-8-4-5-12(9-14)7-6-11(3)13/h5,10-11H,4,6-9,13H2,1-3H3. The Morgan fingerprint density at radius 2 is 2.14 bits per heavy atom. The van der Waals surface area contributed by atoms with Crippen LogP contribution in [-0.2, 0) is 0 Å². The smallest absolute Gasteiger partial charge is 0.0195 e. The SMILES string of the molecule is CC(N)CCC1=CCCN(C(C)C)C1. The Bertz CT molecular complexity index is 194. The lowest BCUT2D eigenvalue weighted by atomic mass is 10.0. The molecule has 1 heterocycles. The summed E-state index contributed by atoms with van der Waals surface area (Å²) in [5.74, 6) is 0. The van der Waals surface area contributed by atoms with E-state index in [1.807, 2.05) is 0 Å². The second-order valence-electron chi connectivity index (χ2n) is 4.73. The summed E-state index contributed by atoms with van der Waals surface area (Å²) >= 11 is 0. The zero-order valence-corrected chi connectivity index (χ0v) is 9.79. The molecule has 1 unspecified atom stereocenters. The van der Waals surface area contributed by atoms with Gasteiger partial charge in [-0.2, -0.15) is 0 Å². The maximum Gasteiger partial charge on any atom is 0.0195 e. The summed E-state index contributed by atoms with van der Waals surface area (Å²) in [6.07, 6.45) is 5.92. The van der Waals surface area contributed by atoms with Gasteiger partial charge in [0.1, 0.15) is 0 Å². The molecular weight excluding hydrogens is 172 g/mol. The maximum atomic E-state index is 5.76.